The number of hydrogen-bond donors (Lipinski definition) is 1. The van der Waals surface area contributed by atoms with Gasteiger partial charge in [0.1, 0.15) is 11.5 Å². The second-order valence-electron chi connectivity index (χ2n) is 5.11. The predicted molar refractivity (Wildman–Crippen MR) is 92.5 cm³/mol. The van der Waals surface area contributed by atoms with E-state index in [4.69, 9.17) is 21.1 Å². The van der Waals surface area contributed by atoms with E-state index in [-0.39, 0.29) is 5.91 Å². The Morgan fingerprint density at radius 3 is 2.61 bits per heavy atom. The average molecular weight is 334 g/mol. The summed E-state index contributed by atoms with van der Waals surface area (Å²) in [6.45, 7) is 3.84. The Bertz CT molecular complexity index is 688. The lowest BCUT2D eigenvalue weighted by atomic mass is 10.2. The second kappa shape index (κ2) is 7.88. The van der Waals surface area contributed by atoms with Crippen LogP contribution in [0.15, 0.2) is 42.5 Å². The Labute approximate surface area is 141 Å². The van der Waals surface area contributed by atoms with Gasteiger partial charge in [-0.15, -0.1) is 0 Å². The summed E-state index contributed by atoms with van der Waals surface area (Å²) in [5, 5.41) is 3.34. The van der Waals surface area contributed by atoms with Crippen LogP contribution in [0, 0.1) is 6.92 Å². The third-order valence-corrected chi connectivity index (χ3v) is 3.68. The number of carbonyl (C=O) groups is 1. The number of rotatable bonds is 6. The molecule has 2 aromatic rings. The Morgan fingerprint density at radius 1 is 1.22 bits per heavy atom. The minimum Gasteiger partial charge on any atom is -0.495 e. The minimum absolute atomic E-state index is 0.240. The molecule has 0 unspecified atom stereocenters. The molecule has 0 heterocycles. The molecule has 0 fully saturated rings. The van der Waals surface area contributed by atoms with Crippen molar-refractivity contribution in [2.75, 3.05) is 12.4 Å². The Balaban J connectivity index is 2.15. The standard InChI is InChI=1S/C18H20ClNO3/c1-4-15(23-16-8-6-5-7-12(16)2)18(21)20-14-11-13(19)9-10-17(14)22-3/h5-11,15H,4H2,1-3H3,(H,20,21)/t15-/m0/s1. The molecule has 0 saturated carbocycles. The summed E-state index contributed by atoms with van der Waals surface area (Å²) in [7, 11) is 1.54. The maximum Gasteiger partial charge on any atom is 0.265 e. The number of halogens is 1. The van der Waals surface area contributed by atoms with Crippen LogP contribution in [0.1, 0.15) is 18.9 Å². The molecule has 0 saturated heterocycles. The van der Waals surface area contributed by atoms with Gasteiger partial charge in [0.25, 0.3) is 5.91 Å². The van der Waals surface area contributed by atoms with Crippen LogP contribution in [0.4, 0.5) is 5.69 Å². The number of carbonyl (C=O) groups excluding carboxylic acids is 1. The van der Waals surface area contributed by atoms with Crippen molar-refractivity contribution in [2.24, 2.45) is 0 Å². The number of methoxy groups -OCH3 is 1. The average Bonchev–Trinajstić information content (AvgIpc) is 2.54. The minimum atomic E-state index is -0.597. The summed E-state index contributed by atoms with van der Waals surface area (Å²) in [5.74, 6) is 1.01. The van der Waals surface area contributed by atoms with Gasteiger partial charge in [-0.2, -0.15) is 0 Å². The van der Waals surface area contributed by atoms with Crippen LogP contribution < -0.4 is 14.8 Å². The molecule has 5 heteroatoms. The lowest BCUT2D eigenvalue weighted by Gasteiger charge is -2.19. The zero-order valence-corrected chi connectivity index (χ0v) is 14.2. The van der Waals surface area contributed by atoms with Crippen LogP contribution in [0.5, 0.6) is 11.5 Å². The van der Waals surface area contributed by atoms with Crippen LogP contribution in [-0.4, -0.2) is 19.1 Å². The van der Waals surface area contributed by atoms with Gasteiger partial charge in [-0.25, -0.2) is 0 Å². The largest absolute Gasteiger partial charge is 0.495 e. The Morgan fingerprint density at radius 2 is 1.96 bits per heavy atom. The number of benzene rings is 2. The molecule has 0 aromatic heterocycles. The van der Waals surface area contributed by atoms with Gasteiger partial charge in [0, 0.05) is 5.02 Å². The van der Waals surface area contributed by atoms with E-state index in [2.05, 4.69) is 5.32 Å². The number of anilines is 1. The molecule has 0 radical (unpaired) electrons. The summed E-state index contributed by atoms with van der Waals surface area (Å²) in [4.78, 5) is 12.5. The number of nitrogens with one attached hydrogen (secondary N) is 1. The summed E-state index contributed by atoms with van der Waals surface area (Å²) >= 11 is 5.98. The molecule has 23 heavy (non-hydrogen) atoms. The summed E-state index contributed by atoms with van der Waals surface area (Å²) in [5.41, 5.74) is 1.51. The van der Waals surface area contributed by atoms with E-state index in [1.165, 1.54) is 0 Å². The maximum atomic E-state index is 12.5. The molecule has 1 amide bonds. The van der Waals surface area contributed by atoms with Gasteiger partial charge in [-0.3, -0.25) is 4.79 Å². The predicted octanol–water partition coefficient (Wildman–Crippen LogP) is 4.45. The van der Waals surface area contributed by atoms with Crippen LogP contribution in [0.2, 0.25) is 5.02 Å². The fourth-order valence-corrected chi connectivity index (χ4v) is 2.33. The number of aryl methyl sites for hydroxylation is 1. The topological polar surface area (TPSA) is 47.6 Å². The van der Waals surface area contributed by atoms with E-state index in [0.29, 0.717) is 28.6 Å². The van der Waals surface area contributed by atoms with Crippen molar-refractivity contribution in [1.29, 1.82) is 0 Å². The van der Waals surface area contributed by atoms with E-state index < -0.39 is 6.10 Å². The molecule has 0 aliphatic carbocycles. The van der Waals surface area contributed by atoms with Crippen molar-refractivity contribution in [1.82, 2.24) is 0 Å². The summed E-state index contributed by atoms with van der Waals surface area (Å²) < 4.78 is 11.1. The molecule has 4 nitrogen and oxygen atoms in total. The Hall–Kier alpha value is -2.20. The van der Waals surface area contributed by atoms with E-state index >= 15 is 0 Å². The van der Waals surface area contributed by atoms with E-state index in [9.17, 15) is 4.79 Å². The quantitative estimate of drug-likeness (QED) is 0.849. The molecule has 0 bridgehead atoms. The van der Waals surface area contributed by atoms with Crippen molar-refractivity contribution in [3.05, 3.63) is 53.1 Å². The summed E-state index contributed by atoms with van der Waals surface area (Å²) in [6.07, 6.45) is -0.0527. The zero-order chi connectivity index (χ0) is 16.8. The Kier molecular flexibility index (Phi) is 5.88. The van der Waals surface area contributed by atoms with Crippen LogP contribution in [-0.2, 0) is 4.79 Å². The first kappa shape index (κ1) is 17.2. The third-order valence-electron chi connectivity index (χ3n) is 3.45. The van der Waals surface area contributed by atoms with Crippen molar-refractivity contribution in [2.45, 2.75) is 26.4 Å². The highest BCUT2D eigenvalue weighted by Crippen LogP contribution is 2.28. The number of amides is 1. The molecule has 122 valence electrons. The highest BCUT2D eigenvalue weighted by molar-refractivity contribution is 6.31. The van der Waals surface area contributed by atoms with Gasteiger partial charge in [0.05, 0.1) is 12.8 Å². The SMILES string of the molecule is CC[C@H](Oc1ccccc1C)C(=O)Nc1cc(Cl)ccc1OC. The highest BCUT2D eigenvalue weighted by Gasteiger charge is 2.20. The first-order valence-corrected chi connectivity index (χ1v) is 7.79. The molecular formula is C18H20ClNO3. The van der Waals surface area contributed by atoms with E-state index in [1.807, 2.05) is 38.1 Å². The van der Waals surface area contributed by atoms with Crippen molar-refractivity contribution in [3.8, 4) is 11.5 Å². The van der Waals surface area contributed by atoms with Crippen molar-refractivity contribution < 1.29 is 14.3 Å². The monoisotopic (exact) mass is 333 g/mol. The molecular weight excluding hydrogens is 314 g/mol. The number of ether oxygens (including phenoxy) is 2. The van der Waals surface area contributed by atoms with Gasteiger partial charge < -0.3 is 14.8 Å². The lowest BCUT2D eigenvalue weighted by molar-refractivity contribution is -0.122. The third kappa shape index (κ3) is 4.39. The van der Waals surface area contributed by atoms with Gasteiger partial charge >= 0.3 is 0 Å². The highest BCUT2D eigenvalue weighted by atomic mass is 35.5. The van der Waals surface area contributed by atoms with Gasteiger partial charge in [-0.1, -0.05) is 36.7 Å². The maximum absolute atomic E-state index is 12.5. The van der Waals surface area contributed by atoms with E-state index in [1.54, 1.807) is 25.3 Å². The lowest BCUT2D eigenvalue weighted by Crippen LogP contribution is -2.32. The van der Waals surface area contributed by atoms with E-state index in [0.717, 1.165) is 5.56 Å². The van der Waals surface area contributed by atoms with Gasteiger partial charge in [-0.05, 0) is 43.2 Å². The smallest absolute Gasteiger partial charge is 0.265 e. The molecule has 0 aliphatic rings. The normalized spacial score (nSPS) is 11.7. The van der Waals surface area contributed by atoms with Crippen molar-refractivity contribution >= 4 is 23.2 Å². The molecule has 2 aromatic carbocycles. The van der Waals surface area contributed by atoms with Gasteiger partial charge in [0.15, 0.2) is 6.10 Å². The fourth-order valence-electron chi connectivity index (χ4n) is 2.16. The molecule has 0 aliphatic heterocycles. The number of hydrogen-bond acceptors (Lipinski definition) is 3. The number of para-hydroxylation sites is 1. The zero-order valence-electron chi connectivity index (χ0n) is 13.4. The molecule has 2 rings (SSSR count). The first-order valence-electron chi connectivity index (χ1n) is 7.41. The first-order chi connectivity index (χ1) is 11.0. The van der Waals surface area contributed by atoms with Gasteiger partial charge in [0.2, 0.25) is 0 Å². The summed E-state index contributed by atoms with van der Waals surface area (Å²) in [6, 6.07) is 12.7. The molecule has 0 spiro atoms. The second-order valence-corrected chi connectivity index (χ2v) is 5.55. The van der Waals surface area contributed by atoms with Crippen LogP contribution in [0.3, 0.4) is 0 Å². The van der Waals surface area contributed by atoms with Crippen molar-refractivity contribution in [3.63, 3.8) is 0 Å². The van der Waals surface area contributed by atoms with Crippen LogP contribution >= 0.6 is 11.6 Å². The van der Waals surface area contributed by atoms with Crippen LogP contribution in [0.25, 0.3) is 0 Å². The molecule has 1 atom stereocenters. The molecule has 1 N–H and O–H groups in total. The fraction of sp³-hybridized carbons (Fsp3) is 0.278.